The number of anilines is 1. The van der Waals surface area contributed by atoms with Gasteiger partial charge in [0.05, 0.1) is 35.3 Å². The third kappa shape index (κ3) is 4.24. The van der Waals surface area contributed by atoms with Gasteiger partial charge in [-0.15, -0.1) is 0 Å². The van der Waals surface area contributed by atoms with Crippen LogP contribution in [0.15, 0.2) is 16.7 Å². The van der Waals surface area contributed by atoms with Gasteiger partial charge in [0, 0.05) is 37.7 Å². The summed E-state index contributed by atoms with van der Waals surface area (Å²) in [5.41, 5.74) is 4.12. The van der Waals surface area contributed by atoms with Crippen molar-refractivity contribution in [3.05, 3.63) is 46.0 Å². The molecule has 0 aromatic carbocycles. The number of aromatic nitrogens is 1. The second-order valence-corrected chi connectivity index (χ2v) is 10.0. The number of piperazine rings is 1. The molecule has 0 radical (unpaired) electrons. The van der Waals surface area contributed by atoms with E-state index in [-0.39, 0.29) is 23.5 Å². The van der Waals surface area contributed by atoms with E-state index < -0.39 is 0 Å². The lowest BCUT2D eigenvalue weighted by Gasteiger charge is -2.43. The average molecular weight is 451 g/mol. The van der Waals surface area contributed by atoms with Crippen LogP contribution in [0, 0.1) is 18.3 Å². The normalized spacial score (nSPS) is 20.0. The molecule has 0 spiro atoms. The molecule has 1 amide bonds. The van der Waals surface area contributed by atoms with Crippen LogP contribution in [-0.4, -0.2) is 47.1 Å². The van der Waals surface area contributed by atoms with Gasteiger partial charge < -0.3 is 19.0 Å². The Balaban J connectivity index is 1.70. The zero-order valence-electron chi connectivity index (χ0n) is 20.6. The molecular formula is C26H34N4O3. The van der Waals surface area contributed by atoms with Crippen molar-refractivity contribution in [3.63, 3.8) is 0 Å². The van der Waals surface area contributed by atoms with Gasteiger partial charge >= 0.3 is 0 Å². The van der Waals surface area contributed by atoms with Gasteiger partial charge in [0.2, 0.25) is 0 Å². The summed E-state index contributed by atoms with van der Waals surface area (Å²) >= 11 is 0. The van der Waals surface area contributed by atoms with Crippen molar-refractivity contribution in [2.24, 2.45) is 0 Å². The molecule has 1 fully saturated rings. The molecule has 1 unspecified atom stereocenters. The van der Waals surface area contributed by atoms with Crippen molar-refractivity contribution >= 4 is 11.7 Å². The van der Waals surface area contributed by atoms with Crippen LogP contribution in [-0.2, 0) is 17.8 Å². The lowest BCUT2D eigenvalue weighted by atomic mass is 9.86. The van der Waals surface area contributed by atoms with E-state index in [0.717, 1.165) is 29.1 Å². The van der Waals surface area contributed by atoms with Crippen LogP contribution in [0.2, 0.25) is 0 Å². The third-order valence-corrected chi connectivity index (χ3v) is 6.90. The van der Waals surface area contributed by atoms with E-state index in [0.29, 0.717) is 49.5 Å². The predicted molar refractivity (Wildman–Crippen MR) is 126 cm³/mol. The Hall–Kier alpha value is -2.85. The van der Waals surface area contributed by atoms with Crippen LogP contribution in [0.25, 0.3) is 0 Å². The van der Waals surface area contributed by atoms with E-state index in [2.05, 4.69) is 45.6 Å². The number of aryl methyl sites for hydroxylation is 1. The Morgan fingerprint density at radius 1 is 1.33 bits per heavy atom. The van der Waals surface area contributed by atoms with Gasteiger partial charge in [0.1, 0.15) is 17.6 Å². The second-order valence-electron chi connectivity index (χ2n) is 10.0. The first-order chi connectivity index (χ1) is 15.7. The number of amides is 1. The Bertz CT molecular complexity index is 1100. The summed E-state index contributed by atoms with van der Waals surface area (Å²) in [5.74, 6) is 1.63. The van der Waals surface area contributed by atoms with E-state index in [1.54, 1.807) is 12.3 Å². The highest BCUT2D eigenvalue weighted by Gasteiger charge is 2.36. The van der Waals surface area contributed by atoms with Crippen LogP contribution in [0.4, 0.5) is 5.82 Å². The average Bonchev–Trinajstić information content (AvgIpc) is 3.21. The molecule has 7 heteroatoms. The number of fused-ring (bicyclic) bond motifs is 1. The molecule has 0 bridgehead atoms. The summed E-state index contributed by atoms with van der Waals surface area (Å²) in [6.45, 7) is 14.7. The van der Waals surface area contributed by atoms with Gasteiger partial charge in [-0.1, -0.05) is 20.8 Å². The Labute approximate surface area is 196 Å². The minimum atomic E-state index is -0.314. The summed E-state index contributed by atoms with van der Waals surface area (Å²) in [6, 6.07) is 4.25. The van der Waals surface area contributed by atoms with E-state index in [1.807, 2.05) is 11.8 Å². The largest absolute Gasteiger partial charge is 0.469 e. The molecule has 7 nitrogen and oxygen atoms in total. The number of carbonyl (C=O) groups is 1. The van der Waals surface area contributed by atoms with Crippen molar-refractivity contribution in [1.82, 2.24) is 9.88 Å². The third-order valence-electron chi connectivity index (χ3n) is 6.90. The number of rotatable bonds is 4. The number of ether oxygens (including phenoxy) is 1. The fourth-order valence-corrected chi connectivity index (χ4v) is 5.03. The van der Waals surface area contributed by atoms with Gasteiger partial charge in [0.25, 0.3) is 5.91 Å². The first kappa shape index (κ1) is 23.3. The molecule has 176 valence electrons. The molecule has 2 aromatic heterocycles. The molecule has 4 rings (SSSR count). The number of nitrogens with zero attached hydrogens (tertiary/aromatic N) is 4. The van der Waals surface area contributed by atoms with E-state index >= 15 is 0 Å². The summed E-state index contributed by atoms with van der Waals surface area (Å²) in [7, 11) is 0. The SMILES string of the molecule is CCC1CN(c2nc(C(C)C)c3c(c2C#N)CC(C)(C)OC3)CCN1C(=O)c1ccoc1C. The zero-order valence-corrected chi connectivity index (χ0v) is 20.6. The van der Waals surface area contributed by atoms with Crippen LogP contribution >= 0.6 is 0 Å². The number of nitriles is 1. The highest BCUT2D eigenvalue weighted by atomic mass is 16.5. The van der Waals surface area contributed by atoms with Crippen molar-refractivity contribution in [3.8, 4) is 6.07 Å². The fourth-order valence-electron chi connectivity index (χ4n) is 5.03. The number of pyridine rings is 1. The summed E-state index contributed by atoms with van der Waals surface area (Å²) in [6.07, 6.45) is 3.08. The first-order valence-electron chi connectivity index (χ1n) is 11.9. The Morgan fingerprint density at radius 2 is 2.09 bits per heavy atom. The van der Waals surface area contributed by atoms with Gasteiger partial charge in [-0.05, 0) is 44.7 Å². The Kier molecular flexibility index (Phi) is 6.24. The molecule has 1 saturated heterocycles. The lowest BCUT2D eigenvalue weighted by molar-refractivity contribution is -0.0408. The molecule has 33 heavy (non-hydrogen) atoms. The lowest BCUT2D eigenvalue weighted by Crippen LogP contribution is -2.55. The summed E-state index contributed by atoms with van der Waals surface area (Å²) < 4.78 is 11.4. The van der Waals surface area contributed by atoms with E-state index in [1.165, 1.54) is 0 Å². The first-order valence-corrected chi connectivity index (χ1v) is 11.9. The van der Waals surface area contributed by atoms with E-state index in [4.69, 9.17) is 14.1 Å². The molecule has 0 saturated carbocycles. The van der Waals surface area contributed by atoms with Gasteiger partial charge in [-0.2, -0.15) is 5.26 Å². The molecule has 2 aliphatic rings. The van der Waals surface area contributed by atoms with Crippen LogP contribution < -0.4 is 4.90 Å². The predicted octanol–water partition coefficient (Wildman–Crippen LogP) is 4.57. The Morgan fingerprint density at radius 3 is 2.70 bits per heavy atom. The number of carbonyl (C=O) groups excluding carboxylic acids is 1. The van der Waals surface area contributed by atoms with Crippen molar-refractivity contribution in [1.29, 1.82) is 5.26 Å². The molecule has 2 aromatic rings. The number of hydrogen-bond acceptors (Lipinski definition) is 6. The van der Waals surface area contributed by atoms with Crippen molar-refractivity contribution in [2.75, 3.05) is 24.5 Å². The smallest absolute Gasteiger partial charge is 0.257 e. The summed E-state index contributed by atoms with van der Waals surface area (Å²) in [4.78, 5) is 22.4. The van der Waals surface area contributed by atoms with Gasteiger partial charge in [-0.3, -0.25) is 4.79 Å². The van der Waals surface area contributed by atoms with Gasteiger partial charge in [0.15, 0.2) is 0 Å². The second kappa shape index (κ2) is 8.83. The minimum absolute atomic E-state index is 0.00780. The topological polar surface area (TPSA) is 82.6 Å². The monoisotopic (exact) mass is 450 g/mol. The molecular weight excluding hydrogens is 416 g/mol. The standard InChI is InChI=1S/C26H34N4O3/c1-7-18-14-29(9-10-30(18)25(31)19-8-11-32-17(19)4)24-21(13-27)20-12-26(5,6)33-15-22(20)23(28-24)16(2)3/h8,11,16,18H,7,9-10,12,14-15H2,1-6H3. The maximum absolute atomic E-state index is 13.2. The molecule has 1 atom stereocenters. The van der Waals surface area contributed by atoms with Crippen molar-refractivity contribution < 1.29 is 13.9 Å². The van der Waals surface area contributed by atoms with Crippen LogP contribution in [0.5, 0.6) is 0 Å². The molecule has 4 heterocycles. The highest BCUT2D eigenvalue weighted by Crippen LogP contribution is 2.38. The molecule has 0 N–H and O–H groups in total. The number of hydrogen-bond donors (Lipinski definition) is 0. The maximum Gasteiger partial charge on any atom is 0.257 e. The van der Waals surface area contributed by atoms with Crippen LogP contribution in [0.3, 0.4) is 0 Å². The highest BCUT2D eigenvalue weighted by molar-refractivity contribution is 5.95. The number of furan rings is 1. The van der Waals surface area contributed by atoms with E-state index in [9.17, 15) is 10.1 Å². The van der Waals surface area contributed by atoms with Crippen LogP contribution in [0.1, 0.15) is 85.5 Å². The molecule has 2 aliphatic heterocycles. The fraction of sp³-hybridized carbons (Fsp3) is 0.577. The molecule has 0 aliphatic carbocycles. The minimum Gasteiger partial charge on any atom is -0.469 e. The quantitative estimate of drug-likeness (QED) is 0.679. The maximum atomic E-state index is 13.2. The van der Waals surface area contributed by atoms with Gasteiger partial charge in [-0.25, -0.2) is 4.98 Å². The van der Waals surface area contributed by atoms with Crippen molar-refractivity contribution in [2.45, 2.75) is 78.6 Å². The zero-order chi connectivity index (χ0) is 23.9. The summed E-state index contributed by atoms with van der Waals surface area (Å²) in [5, 5.41) is 10.2.